The molecule has 4 atom stereocenters. The van der Waals surface area contributed by atoms with E-state index >= 15 is 0 Å². The Bertz CT molecular complexity index is 430. The molecule has 0 bridgehead atoms. The van der Waals surface area contributed by atoms with Crippen LogP contribution in [0.5, 0.6) is 0 Å². The summed E-state index contributed by atoms with van der Waals surface area (Å²) in [6, 6.07) is 0. The summed E-state index contributed by atoms with van der Waals surface area (Å²) in [4.78, 5) is 0. The molecule has 0 spiro atoms. The summed E-state index contributed by atoms with van der Waals surface area (Å²) in [6.07, 6.45) is 11.1. The first-order chi connectivity index (χ1) is 11.4. The average Bonchev–Trinajstić information content (AvgIpc) is 2.49. The second-order valence-corrected chi connectivity index (χ2v) is 15.7. The molecular formula is C20H40O3Si2. The van der Waals surface area contributed by atoms with E-state index in [9.17, 15) is 5.11 Å². The molecule has 0 fully saturated rings. The summed E-state index contributed by atoms with van der Waals surface area (Å²) in [6.45, 7) is 18.8. The molecule has 0 amide bonds. The third-order valence-electron chi connectivity index (χ3n) is 4.75. The van der Waals surface area contributed by atoms with Crippen LogP contribution in [0.25, 0.3) is 0 Å². The quantitative estimate of drug-likeness (QED) is 0.262. The summed E-state index contributed by atoms with van der Waals surface area (Å²) in [5, 5.41) is 10.1. The predicted molar refractivity (Wildman–Crippen MR) is 114 cm³/mol. The molecule has 3 unspecified atom stereocenters. The van der Waals surface area contributed by atoms with Crippen molar-refractivity contribution in [1.82, 2.24) is 0 Å². The van der Waals surface area contributed by atoms with E-state index in [1.54, 1.807) is 6.08 Å². The van der Waals surface area contributed by atoms with Gasteiger partial charge in [-0.25, -0.2) is 0 Å². The van der Waals surface area contributed by atoms with Crippen LogP contribution in [0, 0.1) is 12.3 Å². The Balaban J connectivity index is 4.45. The van der Waals surface area contributed by atoms with Gasteiger partial charge in [-0.05, 0) is 48.5 Å². The Morgan fingerprint density at radius 2 is 1.56 bits per heavy atom. The van der Waals surface area contributed by atoms with Gasteiger partial charge in [0.2, 0.25) is 0 Å². The highest BCUT2D eigenvalue weighted by atomic mass is 28.3. The lowest BCUT2D eigenvalue weighted by Gasteiger charge is -2.29. The van der Waals surface area contributed by atoms with Gasteiger partial charge in [-0.3, -0.25) is 0 Å². The topological polar surface area (TPSA) is 38.7 Å². The van der Waals surface area contributed by atoms with Crippen LogP contribution in [0.15, 0.2) is 12.2 Å². The normalized spacial score (nSPS) is 17.9. The van der Waals surface area contributed by atoms with Crippen molar-refractivity contribution in [1.29, 1.82) is 0 Å². The number of aliphatic hydroxyl groups excluding tert-OH is 1. The largest absolute Gasteiger partial charge is 0.420 e. The van der Waals surface area contributed by atoms with Crippen molar-refractivity contribution in [2.24, 2.45) is 0 Å². The van der Waals surface area contributed by atoms with Gasteiger partial charge in [-0.15, -0.1) is 6.42 Å². The van der Waals surface area contributed by atoms with Crippen LogP contribution in [0.3, 0.4) is 0 Å². The van der Waals surface area contributed by atoms with Crippen molar-refractivity contribution >= 4 is 18.1 Å². The number of terminal acetylenes is 1. The maximum atomic E-state index is 9.57. The first-order valence-electron chi connectivity index (χ1n) is 9.47. The van der Waals surface area contributed by atoms with E-state index in [2.05, 4.69) is 60.6 Å². The van der Waals surface area contributed by atoms with Gasteiger partial charge in [0.05, 0.1) is 6.10 Å². The molecule has 0 radical (unpaired) electrons. The highest BCUT2D eigenvalue weighted by Gasteiger charge is 2.25. The van der Waals surface area contributed by atoms with E-state index in [0.717, 1.165) is 25.9 Å². The number of aliphatic hydroxyl groups is 1. The minimum Gasteiger partial charge on any atom is -0.420 e. The summed E-state index contributed by atoms with van der Waals surface area (Å²) >= 11 is 0. The van der Waals surface area contributed by atoms with Crippen molar-refractivity contribution in [3.05, 3.63) is 12.2 Å². The molecule has 146 valence electrons. The van der Waals surface area contributed by atoms with E-state index in [-0.39, 0.29) is 11.1 Å². The fourth-order valence-electron chi connectivity index (χ4n) is 1.92. The Labute approximate surface area is 159 Å². The minimum absolute atomic E-state index is 0.0289. The van der Waals surface area contributed by atoms with Gasteiger partial charge < -0.3 is 14.0 Å². The van der Waals surface area contributed by atoms with Gasteiger partial charge in [-0.1, -0.05) is 53.5 Å². The second kappa shape index (κ2) is 11.4. The molecule has 0 saturated heterocycles. The number of unbranched alkanes of at least 4 members (excludes halogenated alkanes) is 1. The Hall–Kier alpha value is -0.386. The molecule has 0 aromatic heterocycles. The molecule has 0 aliphatic carbocycles. The molecule has 0 aliphatic heterocycles. The standard InChI is InChI=1S/C20H40O3Si2/c1-10-17(21)14-15-18(23-25(9)20(5,6)7)13-11-12-16-22-24(8)19(2,3)4/h1,14-15,17-18,21,24-25H,11-13,16H2,2-9H3/t17?,18-,24?,25?/m0/s1. The first-order valence-corrected chi connectivity index (χ1v) is 13.9. The van der Waals surface area contributed by atoms with E-state index in [0.29, 0.717) is 5.04 Å². The van der Waals surface area contributed by atoms with Gasteiger partial charge >= 0.3 is 0 Å². The monoisotopic (exact) mass is 384 g/mol. The van der Waals surface area contributed by atoms with Crippen molar-refractivity contribution in [3.63, 3.8) is 0 Å². The Morgan fingerprint density at radius 3 is 2.04 bits per heavy atom. The summed E-state index contributed by atoms with van der Waals surface area (Å²) in [5.74, 6) is 2.32. The Morgan fingerprint density at radius 1 is 1.00 bits per heavy atom. The fraction of sp³-hybridized carbons (Fsp3) is 0.800. The fourth-order valence-corrected chi connectivity index (χ4v) is 4.10. The highest BCUT2D eigenvalue weighted by Crippen LogP contribution is 2.29. The van der Waals surface area contributed by atoms with Gasteiger partial charge in [0, 0.05) is 6.61 Å². The number of hydrogen-bond donors (Lipinski definition) is 1. The van der Waals surface area contributed by atoms with Gasteiger partial charge in [0.1, 0.15) is 6.10 Å². The SMILES string of the molecule is C#CC(O)C=C[C@H](CCCCO[SiH](C)C(C)(C)C)O[SiH](C)C(C)(C)C. The first kappa shape index (κ1) is 24.6. The van der Waals surface area contributed by atoms with E-state index < -0.39 is 24.2 Å². The molecule has 0 aliphatic rings. The Kier molecular flexibility index (Phi) is 11.2. The molecule has 1 N–H and O–H groups in total. The molecular weight excluding hydrogens is 344 g/mol. The second-order valence-electron chi connectivity index (χ2n) is 9.05. The third-order valence-corrected chi connectivity index (χ3v) is 11.1. The number of rotatable bonds is 10. The van der Waals surface area contributed by atoms with Crippen molar-refractivity contribution in [2.75, 3.05) is 6.61 Å². The summed E-state index contributed by atoms with van der Waals surface area (Å²) < 4.78 is 12.4. The molecule has 0 saturated carbocycles. The van der Waals surface area contributed by atoms with Gasteiger partial charge in [0.25, 0.3) is 0 Å². The number of hydrogen-bond acceptors (Lipinski definition) is 3. The maximum absolute atomic E-state index is 9.57. The zero-order chi connectivity index (χ0) is 19.7. The van der Waals surface area contributed by atoms with Crippen LogP contribution in [-0.4, -0.2) is 42.0 Å². The molecule has 25 heavy (non-hydrogen) atoms. The lowest BCUT2D eigenvalue weighted by molar-refractivity contribution is 0.214. The zero-order valence-corrected chi connectivity index (χ0v) is 19.9. The van der Waals surface area contributed by atoms with Crippen molar-refractivity contribution in [2.45, 2.75) is 96.2 Å². The molecule has 0 aromatic rings. The van der Waals surface area contributed by atoms with E-state index in [4.69, 9.17) is 15.3 Å². The summed E-state index contributed by atoms with van der Waals surface area (Å²) in [7, 11) is -2.46. The van der Waals surface area contributed by atoms with E-state index in [1.807, 2.05) is 6.08 Å². The lowest BCUT2D eigenvalue weighted by Crippen LogP contribution is -2.30. The highest BCUT2D eigenvalue weighted by molar-refractivity contribution is 6.54. The molecule has 5 heteroatoms. The van der Waals surface area contributed by atoms with Crippen LogP contribution in [0.2, 0.25) is 23.2 Å². The lowest BCUT2D eigenvalue weighted by atomic mass is 10.1. The van der Waals surface area contributed by atoms with Gasteiger partial charge in [0.15, 0.2) is 18.1 Å². The third kappa shape index (κ3) is 11.8. The van der Waals surface area contributed by atoms with Crippen LogP contribution in [0.4, 0.5) is 0 Å². The smallest absolute Gasteiger partial charge is 0.180 e. The maximum Gasteiger partial charge on any atom is 0.180 e. The predicted octanol–water partition coefficient (Wildman–Crippen LogP) is 4.42. The molecule has 0 rings (SSSR count). The zero-order valence-electron chi connectivity index (χ0n) is 17.6. The van der Waals surface area contributed by atoms with Crippen molar-refractivity contribution in [3.8, 4) is 12.3 Å². The van der Waals surface area contributed by atoms with Crippen LogP contribution < -0.4 is 0 Å². The molecule has 0 heterocycles. The molecule has 3 nitrogen and oxygen atoms in total. The minimum atomic E-state index is -1.33. The van der Waals surface area contributed by atoms with Gasteiger partial charge in [-0.2, -0.15) is 0 Å². The van der Waals surface area contributed by atoms with Crippen molar-refractivity contribution < 1.29 is 14.0 Å². The van der Waals surface area contributed by atoms with E-state index in [1.165, 1.54) is 0 Å². The van der Waals surface area contributed by atoms with Crippen LogP contribution in [0.1, 0.15) is 60.8 Å². The molecule has 0 aromatic carbocycles. The average molecular weight is 385 g/mol. The van der Waals surface area contributed by atoms with Crippen LogP contribution in [-0.2, 0) is 8.85 Å². The summed E-state index contributed by atoms with van der Waals surface area (Å²) in [5.41, 5.74) is 0. The van der Waals surface area contributed by atoms with Crippen LogP contribution >= 0.6 is 0 Å².